The molecule has 1 rings (SSSR count). The van der Waals surface area contributed by atoms with Crippen molar-refractivity contribution < 1.29 is 9.53 Å². The molecule has 0 aromatic heterocycles. The molecular weight excluding hydrogens is 240 g/mol. The van der Waals surface area contributed by atoms with Gasteiger partial charge in [0.15, 0.2) is 8.32 Å². The van der Waals surface area contributed by atoms with Crippen molar-refractivity contribution in [2.75, 3.05) is 0 Å². The zero-order chi connectivity index (χ0) is 14.4. The van der Waals surface area contributed by atoms with Crippen molar-refractivity contribution in [2.45, 2.75) is 77.3 Å². The highest BCUT2D eigenvalue weighted by molar-refractivity contribution is 6.74. The molecule has 0 amide bonds. The molecule has 0 unspecified atom stereocenters. The fourth-order valence-electron chi connectivity index (χ4n) is 2.37. The summed E-state index contributed by atoms with van der Waals surface area (Å²) in [6.07, 6.45) is 1.50. The normalized spacial score (nSPS) is 34.8. The van der Waals surface area contributed by atoms with Crippen LogP contribution in [0.15, 0.2) is 12.2 Å². The summed E-state index contributed by atoms with van der Waals surface area (Å²) < 4.78 is 6.44. The van der Waals surface area contributed by atoms with E-state index in [2.05, 4.69) is 47.4 Å². The highest BCUT2D eigenvalue weighted by Gasteiger charge is 2.44. The van der Waals surface area contributed by atoms with Gasteiger partial charge in [-0.15, -0.1) is 0 Å². The van der Waals surface area contributed by atoms with Crippen LogP contribution in [0.3, 0.4) is 0 Å². The number of hydrogen-bond acceptors (Lipinski definition) is 2. The summed E-state index contributed by atoms with van der Waals surface area (Å²) in [6, 6.07) is 0. The Morgan fingerprint density at radius 2 is 1.83 bits per heavy atom. The van der Waals surface area contributed by atoms with E-state index in [4.69, 9.17) is 4.43 Å². The summed E-state index contributed by atoms with van der Waals surface area (Å²) in [7, 11) is -1.80. The van der Waals surface area contributed by atoms with E-state index in [1.807, 2.05) is 6.92 Å². The van der Waals surface area contributed by atoms with Crippen molar-refractivity contribution in [1.29, 1.82) is 0 Å². The molecule has 0 bridgehead atoms. The summed E-state index contributed by atoms with van der Waals surface area (Å²) in [5.74, 6) is 0.337. The molecule has 18 heavy (non-hydrogen) atoms. The van der Waals surface area contributed by atoms with Gasteiger partial charge in [-0.05, 0) is 43.0 Å². The highest BCUT2D eigenvalue weighted by atomic mass is 28.4. The first kappa shape index (κ1) is 15.9. The van der Waals surface area contributed by atoms with Gasteiger partial charge in [-0.2, -0.15) is 0 Å². The van der Waals surface area contributed by atoms with Crippen LogP contribution >= 0.6 is 0 Å². The fraction of sp³-hybridized carbons (Fsp3) is 0.867. The predicted octanol–water partition coefficient (Wildman–Crippen LogP) is 4.11. The first-order chi connectivity index (χ1) is 7.86. The SMILES string of the molecule is C=C1[C@H](C)C[C@@](C)(O)C[C@H]1O[Si](C)(C)C(C)(C)C. The van der Waals surface area contributed by atoms with Gasteiger partial charge in [0.1, 0.15) is 0 Å². The molecule has 3 atom stereocenters. The zero-order valence-electron chi connectivity index (χ0n) is 13.1. The number of rotatable bonds is 2. The summed E-state index contributed by atoms with van der Waals surface area (Å²) >= 11 is 0. The van der Waals surface area contributed by atoms with Gasteiger partial charge in [0.25, 0.3) is 0 Å². The number of hydrogen-bond donors (Lipinski definition) is 1. The quantitative estimate of drug-likeness (QED) is 0.604. The molecule has 2 nitrogen and oxygen atoms in total. The van der Waals surface area contributed by atoms with E-state index in [9.17, 15) is 5.11 Å². The second-order valence-corrected chi connectivity index (χ2v) is 12.5. The Morgan fingerprint density at radius 1 is 1.33 bits per heavy atom. The first-order valence-corrected chi connectivity index (χ1v) is 9.85. The van der Waals surface area contributed by atoms with Gasteiger partial charge < -0.3 is 9.53 Å². The lowest BCUT2D eigenvalue weighted by Crippen LogP contribution is -2.49. The van der Waals surface area contributed by atoms with Gasteiger partial charge in [0, 0.05) is 6.42 Å². The van der Waals surface area contributed by atoms with E-state index < -0.39 is 13.9 Å². The van der Waals surface area contributed by atoms with Crippen LogP contribution in [0.4, 0.5) is 0 Å². The molecule has 0 heterocycles. The lowest BCUT2D eigenvalue weighted by molar-refractivity contribution is -0.0206. The first-order valence-electron chi connectivity index (χ1n) is 6.95. The maximum atomic E-state index is 10.3. The third kappa shape index (κ3) is 3.46. The van der Waals surface area contributed by atoms with Crippen LogP contribution in [-0.4, -0.2) is 25.1 Å². The fourth-order valence-corrected chi connectivity index (χ4v) is 3.67. The van der Waals surface area contributed by atoms with Crippen molar-refractivity contribution in [1.82, 2.24) is 0 Å². The Kier molecular flexibility index (Phi) is 4.22. The van der Waals surface area contributed by atoms with Gasteiger partial charge in [0.05, 0.1) is 11.7 Å². The monoisotopic (exact) mass is 270 g/mol. The van der Waals surface area contributed by atoms with E-state index in [1.54, 1.807) is 0 Å². The molecule has 1 saturated carbocycles. The Labute approximate surface area is 114 Å². The van der Waals surface area contributed by atoms with E-state index >= 15 is 0 Å². The zero-order valence-corrected chi connectivity index (χ0v) is 14.1. The van der Waals surface area contributed by atoms with Gasteiger partial charge in [0.2, 0.25) is 0 Å². The maximum absolute atomic E-state index is 10.3. The van der Waals surface area contributed by atoms with Crippen molar-refractivity contribution in [2.24, 2.45) is 5.92 Å². The molecule has 1 aliphatic carbocycles. The van der Waals surface area contributed by atoms with Crippen LogP contribution in [0.5, 0.6) is 0 Å². The summed E-state index contributed by atoms with van der Waals surface area (Å²) in [5.41, 5.74) is 0.541. The minimum Gasteiger partial charge on any atom is -0.410 e. The van der Waals surface area contributed by atoms with Gasteiger partial charge in [-0.3, -0.25) is 0 Å². The van der Waals surface area contributed by atoms with Crippen molar-refractivity contribution in [3.63, 3.8) is 0 Å². The van der Waals surface area contributed by atoms with E-state index in [0.717, 1.165) is 12.0 Å². The molecule has 1 fully saturated rings. The number of aliphatic hydroxyl groups is 1. The lowest BCUT2D eigenvalue weighted by Gasteiger charge is -2.45. The molecule has 0 aromatic rings. The van der Waals surface area contributed by atoms with Gasteiger partial charge in [-0.25, -0.2) is 0 Å². The molecule has 0 spiro atoms. The van der Waals surface area contributed by atoms with Crippen molar-refractivity contribution in [3.05, 3.63) is 12.2 Å². The topological polar surface area (TPSA) is 29.5 Å². The third-order valence-electron chi connectivity index (χ3n) is 4.66. The highest BCUT2D eigenvalue weighted by Crippen LogP contribution is 2.42. The van der Waals surface area contributed by atoms with E-state index in [0.29, 0.717) is 12.3 Å². The van der Waals surface area contributed by atoms with E-state index in [1.165, 1.54) is 0 Å². The average molecular weight is 270 g/mol. The van der Waals surface area contributed by atoms with Crippen LogP contribution in [0.2, 0.25) is 18.1 Å². The molecule has 0 radical (unpaired) electrons. The Morgan fingerprint density at radius 3 is 2.28 bits per heavy atom. The molecule has 106 valence electrons. The molecule has 0 saturated heterocycles. The maximum Gasteiger partial charge on any atom is 0.192 e. The summed E-state index contributed by atoms with van der Waals surface area (Å²) in [5, 5.41) is 10.5. The molecule has 1 N–H and O–H groups in total. The van der Waals surface area contributed by atoms with Crippen molar-refractivity contribution >= 4 is 8.32 Å². The van der Waals surface area contributed by atoms with Crippen LogP contribution in [0.25, 0.3) is 0 Å². The van der Waals surface area contributed by atoms with E-state index in [-0.39, 0.29) is 11.1 Å². The van der Waals surface area contributed by atoms with Gasteiger partial charge in [-0.1, -0.05) is 34.3 Å². The van der Waals surface area contributed by atoms with Crippen LogP contribution in [0.1, 0.15) is 47.5 Å². The smallest absolute Gasteiger partial charge is 0.192 e. The van der Waals surface area contributed by atoms with Crippen LogP contribution < -0.4 is 0 Å². The lowest BCUT2D eigenvalue weighted by atomic mass is 9.76. The minimum atomic E-state index is -1.80. The summed E-state index contributed by atoms with van der Waals surface area (Å²) in [6.45, 7) is 19.5. The summed E-state index contributed by atoms with van der Waals surface area (Å²) in [4.78, 5) is 0. The minimum absolute atomic E-state index is 0.0182. The van der Waals surface area contributed by atoms with Gasteiger partial charge >= 0.3 is 0 Å². The third-order valence-corrected chi connectivity index (χ3v) is 9.15. The Bertz CT molecular complexity index is 326. The second-order valence-electron chi connectivity index (χ2n) is 7.75. The molecule has 1 aliphatic rings. The molecule has 3 heteroatoms. The van der Waals surface area contributed by atoms with Crippen molar-refractivity contribution in [3.8, 4) is 0 Å². The standard InChI is InChI=1S/C15H30O2Si/c1-11-9-15(6,16)10-13(12(11)2)17-18(7,8)14(3,4)5/h11,13,16H,2,9-10H2,1,3-8H3/t11-,13-,15-/m1/s1. The second kappa shape index (κ2) is 4.77. The largest absolute Gasteiger partial charge is 0.410 e. The Balaban J connectivity index is 2.86. The molecule has 0 aromatic carbocycles. The average Bonchev–Trinajstić information content (AvgIpc) is 2.09. The Hall–Kier alpha value is -0.123. The molecular formula is C15H30O2Si. The molecule has 0 aliphatic heterocycles. The van der Waals surface area contributed by atoms with Crippen LogP contribution in [-0.2, 0) is 4.43 Å². The van der Waals surface area contributed by atoms with Crippen LogP contribution in [0, 0.1) is 5.92 Å². The predicted molar refractivity (Wildman–Crippen MR) is 80.2 cm³/mol.